The number of halogens is 1. The van der Waals surface area contributed by atoms with Crippen LogP contribution in [-0.4, -0.2) is 7.11 Å². The highest BCUT2D eigenvalue weighted by Crippen LogP contribution is 2.34. The van der Waals surface area contributed by atoms with Gasteiger partial charge in [0.15, 0.2) is 0 Å². The van der Waals surface area contributed by atoms with Crippen molar-refractivity contribution in [2.45, 2.75) is 0 Å². The topological polar surface area (TPSA) is 52.6 Å². The van der Waals surface area contributed by atoms with Crippen molar-refractivity contribution in [1.82, 2.24) is 0 Å². The van der Waals surface area contributed by atoms with E-state index in [1.165, 1.54) is 6.07 Å². The molecule has 2 aromatic heterocycles. The van der Waals surface area contributed by atoms with Crippen LogP contribution in [0.25, 0.3) is 33.3 Å². The average molecular weight is 371 g/mol. The fourth-order valence-electron chi connectivity index (χ4n) is 2.62. The maximum atomic E-state index is 11.9. The van der Waals surface area contributed by atoms with Crippen LogP contribution in [0.3, 0.4) is 0 Å². The zero-order chi connectivity index (χ0) is 16.0. The lowest BCUT2D eigenvalue weighted by Crippen LogP contribution is -1.98. The second-order valence-corrected chi connectivity index (χ2v) is 6.05. The van der Waals surface area contributed by atoms with E-state index in [0.29, 0.717) is 22.7 Å². The molecule has 0 N–H and O–H groups in total. The van der Waals surface area contributed by atoms with Crippen molar-refractivity contribution in [1.29, 1.82) is 0 Å². The van der Waals surface area contributed by atoms with Crippen LogP contribution in [0.5, 0.6) is 5.75 Å². The van der Waals surface area contributed by atoms with Gasteiger partial charge in [-0.15, -0.1) is 0 Å². The van der Waals surface area contributed by atoms with E-state index in [1.54, 1.807) is 13.2 Å². The predicted octanol–water partition coefficient (Wildman–Crippen LogP) is 4.98. The summed E-state index contributed by atoms with van der Waals surface area (Å²) in [6.45, 7) is 0. The summed E-state index contributed by atoms with van der Waals surface area (Å²) in [6.07, 6.45) is 0. The van der Waals surface area contributed by atoms with Gasteiger partial charge >= 0.3 is 5.63 Å². The number of furan rings is 1. The molecule has 0 aliphatic rings. The van der Waals surface area contributed by atoms with Gasteiger partial charge in [-0.1, -0.05) is 15.9 Å². The van der Waals surface area contributed by atoms with E-state index in [9.17, 15) is 4.79 Å². The van der Waals surface area contributed by atoms with Crippen molar-refractivity contribution < 1.29 is 13.6 Å². The lowest BCUT2D eigenvalue weighted by atomic mass is 10.1. The van der Waals surface area contributed by atoms with Gasteiger partial charge in [-0.2, -0.15) is 0 Å². The second kappa shape index (κ2) is 5.28. The highest BCUT2D eigenvalue weighted by Gasteiger charge is 2.13. The van der Waals surface area contributed by atoms with E-state index >= 15 is 0 Å². The predicted molar refractivity (Wildman–Crippen MR) is 91.9 cm³/mol. The van der Waals surface area contributed by atoms with Crippen molar-refractivity contribution in [3.63, 3.8) is 0 Å². The Bertz CT molecular complexity index is 1090. The average Bonchev–Trinajstić information content (AvgIpc) is 2.96. The maximum absolute atomic E-state index is 11.9. The Kier molecular flexibility index (Phi) is 3.23. The molecule has 0 atom stereocenters. The van der Waals surface area contributed by atoms with Gasteiger partial charge in [0.2, 0.25) is 0 Å². The first-order valence-electron chi connectivity index (χ1n) is 6.95. The summed E-state index contributed by atoms with van der Waals surface area (Å²) in [7, 11) is 1.57. The second-order valence-electron chi connectivity index (χ2n) is 5.13. The van der Waals surface area contributed by atoms with Crippen LogP contribution >= 0.6 is 15.9 Å². The molecule has 0 spiro atoms. The monoisotopic (exact) mass is 370 g/mol. The van der Waals surface area contributed by atoms with E-state index in [4.69, 9.17) is 13.6 Å². The quantitative estimate of drug-likeness (QED) is 0.467. The zero-order valence-electron chi connectivity index (χ0n) is 12.1. The Morgan fingerprint density at radius 2 is 1.83 bits per heavy atom. The fourth-order valence-corrected chi connectivity index (χ4v) is 3.00. The van der Waals surface area contributed by atoms with Crippen LogP contribution in [0.1, 0.15) is 0 Å². The Balaban J connectivity index is 2.01. The molecular formula is C18H11BrO4. The van der Waals surface area contributed by atoms with E-state index < -0.39 is 5.63 Å². The Hall–Kier alpha value is -2.53. The van der Waals surface area contributed by atoms with E-state index in [2.05, 4.69) is 15.9 Å². The van der Waals surface area contributed by atoms with Gasteiger partial charge < -0.3 is 13.6 Å². The van der Waals surface area contributed by atoms with Gasteiger partial charge in [-0.25, -0.2) is 4.79 Å². The molecule has 5 heteroatoms. The van der Waals surface area contributed by atoms with Crippen molar-refractivity contribution in [2.75, 3.05) is 7.11 Å². The van der Waals surface area contributed by atoms with Crippen LogP contribution in [0.4, 0.5) is 0 Å². The van der Waals surface area contributed by atoms with Crippen LogP contribution in [0.15, 0.2) is 66.6 Å². The first kappa shape index (κ1) is 14.1. The summed E-state index contributed by atoms with van der Waals surface area (Å²) in [4.78, 5) is 11.9. The van der Waals surface area contributed by atoms with E-state index in [0.717, 1.165) is 20.8 Å². The lowest BCUT2D eigenvalue weighted by Gasteiger charge is -2.04. The van der Waals surface area contributed by atoms with Crippen molar-refractivity contribution in [3.05, 3.63) is 63.4 Å². The third kappa shape index (κ3) is 2.43. The highest BCUT2D eigenvalue weighted by atomic mass is 79.9. The van der Waals surface area contributed by atoms with Crippen LogP contribution in [0, 0.1) is 0 Å². The summed E-state index contributed by atoms with van der Waals surface area (Å²) in [6, 6.07) is 14.5. The SMILES string of the molecule is COc1ccc2c(-c3cc4cc(Br)ccc4o3)cc(=O)oc2c1. The molecule has 4 aromatic rings. The highest BCUT2D eigenvalue weighted by molar-refractivity contribution is 9.10. The molecule has 0 unspecified atom stereocenters. The van der Waals surface area contributed by atoms with Crippen LogP contribution < -0.4 is 10.4 Å². The molecule has 23 heavy (non-hydrogen) atoms. The van der Waals surface area contributed by atoms with E-state index in [1.807, 2.05) is 36.4 Å². The van der Waals surface area contributed by atoms with Gasteiger partial charge in [0.25, 0.3) is 0 Å². The number of ether oxygens (including phenoxy) is 1. The Morgan fingerprint density at radius 1 is 0.957 bits per heavy atom. The molecule has 0 saturated heterocycles. The molecule has 0 radical (unpaired) electrons. The normalized spacial score (nSPS) is 11.2. The largest absolute Gasteiger partial charge is 0.497 e. The number of rotatable bonds is 2. The lowest BCUT2D eigenvalue weighted by molar-refractivity contribution is 0.414. The molecule has 0 fully saturated rings. The Labute approximate surface area is 139 Å². The number of methoxy groups -OCH3 is 1. The molecule has 0 bridgehead atoms. The first-order chi connectivity index (χ1) is 11.1. The number of hydrogen-bond acceptors (Lipinski definition) is 4. The minimum atomic E-state index is -0.428. The minimum absolute atomic E-state index is 0.428. The number of fused-ring (bicyclic) bond motifs is 2. The van der Waals surface area contributed by atoms with Gasteiger partial charge in [0.1, 0.15) is 22.7 Å². The molecule has 2 aromatic carbocycles. The minimum Gasteiger partial charge on any atom is -0.497 e. The third-order valence-electron chi connectivity index (χ3n) is 3.70. The Morgan fingerprint density at radius 3 is 2.65 bits per heavy atom. The van der Waals surface area contributed by atoms with Crippen LogP contribution in [0.2, 0.25) is 0 Å². The molecule has 114 valence electrons. The number of benzene rings is 2. The maximum Gasteiger partial charge on any atom is 0.336 e. The fraction of sp³-hybridized carbons (Fsp3) is 0.0556. The molecule has 0 saturated carbocycles. The summed E-state index contributed by atoms with van der Waals surface area (Å²) in [5, 5.41) is 1.76. The summed E-state index contributed by atoms with van der Waals surface area (Å²) in [5.74, 6) is 1.26. The molecule has 0 aliphatic carbocycles. The zero-order valence-corrected chi connectivity index (χ0v) is 13.7. The third-order valence-corrected chi connectivity index (χ3v) is 4.19. The van der Waals surface area contributed by atoms with Crippen molar-refractivity contribution >= 4 is 37.9 Å². The van der Waals surface area contributed by atoms with Gasteiger partial charge in [0.05, 0.1) is 7.11 Å². The van der Waals surface area contributed by atoms with Gasteiger partial charge in [-0.05, 0) is 36.4 Å². The summed E-state index contributed by atoms with van der Waals surface area (Å²) < 4.78 is 17.3. The number of hydrogen-bond donors (Lipinski definition) is 0. The summed E-state index contributed by atoms with van der Waals surface area (Å²) in [5.41, 5.74) is 1.50. The standard InChI is InChI=1S/C18H11BrO4/c1-21-12-3-4-13-14(9-18(20)23-17(13)8-12)16-7-10-6-11(19)2-5-15(10)22-16/h2-9H,1H3. The first-order valence-corrected chi connectivity index (χ1v) is 7.75. The molecular weight excluding hydrogens is 360 g/mol. The van der Waals surface area contributed by atoms with Gasteiger partial charge in [0, 0.05) is 32.9 Å². The van der Waals surface area contributed by atoms with E-state index in [-0.39, 0.29) is 0 Å². The van der Waals surface area contributed by atoms with Crippen molar-refractivity contribution in [3.8, 4) is 17.1 Å². The molecule has 4 rings (SSSR count). The summed E-state index contributed by atoms with van der Waals surface area (Å²) >= 11 is 3.44. The molecule has 2 heterocycles. The van der Waals surface area contributed by atoms with Gasteiger partial charge in [-0.3, -0.25) is 0 Å². The smallest absolute Gasteiger partial charge is 0.336 e. The van der Waals surface area contributed by atoms with Crippen molar-refractivity contribution in [2.24, 2.45) is 0 Å². The molecule has 0 amide bonds. The molecule has 0 aliphatic heterocycles. The van der Waals surface area contributed by atoms with Crippen LogP contribution in [-0.2, 0) is 0 Å². The molecule has 4 nitrogen and oxygen atoms in total.